The van der Waals surface area contributed by atoms with Crippen LogP contribution < -0.4 is 0 Å². The maximum atomic E-state index is 5.93. The van der Waals surface area contributed by atoms with E-state index in [4.69, 9.17) is 8.92 Å². The summed E-state index contributed by atoms with van der Waals surface area (Å²) in [5.41, 5.74) is 2.74. The molecule has 24 heavy (non-hydrogen) atoms. The molecule has 0 N–H and O–H groups in total. The van der Waals surface area contributed by atoms with Crippen LogP contribution in [0.2, 0.25) is 0 Å². The summed E-state index contributed by atoms with van der Waals surface area (Å²) in [6.07, 6.45) is 8.30. The monoisotopic (exact) mass is 350 g/mol. The number of rotatable bonds is 11. The van der Waals surface area contributed by atoms with Gasteiger partial charge in [0.15, 0.2) is 18.9 Å². The van der Waals surface area contributed by atoms with Crippen LogP contribution in [0.15, 0.2) is 24.3 Å². The Bertz CT molecular complexity index is 518. The molecule has 0 radical (unpaired) electrons. The van der Waals surface area contributed by atoms with Gasteiger partial charge < -0.3 is 8.92 Å². The standard InChI is InChI=1S/C20H31NO2S/c1-3-5-8-17(4-2)15-22-16-20(23-24)14-21-12-11-18-9-6-7-10-19(18)13-21/h6-7,9-10,13,17,20H,3-5,8,11-12,14-16H2,1-2H3/p+1. The van der Waals surface area contributed by atoms with Gasteiger partial charge in [0.2, 0.25) is 0 Å². The molecule has 1 aliphatic heterocycles. The first-order valence-electron chi connectivity index (χ1n) is 9.31. The first-order chi connectivity index (χ1) is 11.8. The van der Waals surface area contributed by atoms with Gasteiger partial charge in [-0.1, -0.05) is 51.3 Å². The van der Waals surface area contributed by atoms with Crippen molar-refractivity contribution in [3.05, 3.63) is 35.4 Å². The predicted octanol–water partition coefficient (Wildman–Crippen LogP) is 4.14. The topological polar surface area (TPSA) is 21.5 Å². The van der Waals surface area contributed by atoms with Gasteiger partial charge in [0.1, 0.15) is 6.54 Å². The molecule has 0 aliphatic carbocycles. The van der Waals surface area contributed by atoms with Crippen LogP contribution >= 0.6 is 12.9 Å². The minimum Gasteiger partial charge on any atom is -0.378 e. The minimum atomic E-state index is -0.00136. The Balaban J connectivity index is 1.79. The van der Waals surface area contributed by atoms with Crippen molar-refractivity contribution in [1.29, 1.82) is 0 Å². The molecule has 2 unspecified atom stereocenters. The van der Waals surface area contributed by atoms with Crippen molar-refractivity contribution in [2.75, 3.05) is 26.3 Å². The number of fused-ring (bicyclic) bond motifs is 1. The minimum absolute atomic E-state index is 0.00136. The van der Waals surface area contributed by atoms with E-state index >= 15 is 0 Å². The Morgan fingerprint density at radius 1 is 1.21 bits per heavy atom. The van der Waals surface area contributed by atoms with Crippen molar-refractivity contribution in [2.45, 2.75) is 52.1 Å². The maximum Gasteiger partial charge on any atom is 0.172 e. The van der Waals surface area contributed by atoms with Crippen molar-refractivity contribution in [3.63, 3.8) is 0 Å². The van der Waals surface area contributed by atoms with E-state index in [0.29, 0.717) is 12.5 Å². The number of thiol groups is 1. The van der Waals surface area contributed by atoms with Crippen LogP contribution in [-0.4, -0.2) is 43.2 Å². The Kier molecular flexibility index (Phi) is 8.86. The van der Waals surface area contributed by atoms with Crippen LogP contribution in [0.4, 0.5) is 0 Å². The van der Waals surface area contributed by atoms with Gasteiger partial charge in [0, 0.05) is 18.6 Å². The smallest absolute Gasteiger partial charge is 0.172 e. The Morgan fingerprint density at radius 2 is 2.04 bits per heavy atom. The number of nitrogens with zero attached hydrogens (tertiary/aromatic N) is 1. The molecular weight excluding hydrogens is 318 g/mol. The molecule has 1 heterocycles. The van der Waals surface area contributed by atoms with Crippen LogP contribution in [-0.2, 0) is 15.3 Å². The van der Waals surface area contributed by atoms with Crippen molar-refractivity contribution in [1.82, 2.24) is 0 Å². The lowest BCUT2D eigenvalue weighted by molar-refractivity contribution is -0.532. The van der Waals surface area contributed by atoms with E-state index in [-0.39, 0.29) is 6.10 Å². The van der Waals surface area contributed by atoms with Gasteiger partial charge >= 0.3 is 0 Å². The molecule has 0 amide bonds. The largest absolute Gasteiger partial charge is 0.378 e. The fraction of sp³-hybridized carbons (Fsp3) is 0.650. The van der Waals surface area contributed by atoms with Crippen LogP contribution in [0.25, 0.3) is 0 Å². The van der Waals surface area contributed by atoms with E-state index in [1.807, 2.05) is 0 Å². The van der Waals surface area contributed by atoms with E-state index in [1.165, 1.54) is 36.8 Å². The van der Waals surface area contributed by atoms with Crippen LogP contribution in [0.5, 0.6) is 0 Å². The lowest BCUT2D eigenvalue weighted by Crippen LogP contribution is -2.33. The molecule has 1 aromatic rings. The summed E-state index contributed by atoms with van der Waals surface area (Å²) in [7, 11) is 0. The molecule has 1 aliphatic rings. The summed E-state index contributed by atoms with van der Waals surface area (Å²) in [5.74, 6) is 0.666. The fourth-order valence-corrected chi connectivity index (χ4v) is 3.33. The average Bonchev–Trinajstić information content (AvgIpc) is 2.63. The second kappa shape index (κ2) is 10.9. The van der Waals surface area contributed by atoms with E-state index in [2.05, 4.69) is 61.8 Å². The average molecular weight is 351 g/mol. The number of ether oxygens (including phenoxy) is 1. The van der Waals surface area contributed by atoms with Gasteiger partial charge in [-0.15, -0.1) is 0 Å². The normalized spacial score (nSPS) is 16.4. The first-order valence-corrected chi connectivity index (χ1v) is 9.68. The van der Waals surface area contributed by atoms with Crippen molar-refractivity contribution < 1.29 is 13.5 Å². The number of benzene rings is 1. The third-order valence-electron chi connectivity index (χ3n) is 4.83. The molecule has 1 aromatic carbocycles. The number of hydrogen-bond donors (Lipinski definition) is 1. The van der Waals surface area contributed by atoms with Crippen molar-refractivity contribution in [3.8, 4) is 0 Å². The zero-order valence-electron chi connectivity index (χ0n) is 15.1. The highest BCUT2D eigenvalue weighted by Gasteiger charge is 2.21. The van der Waals surface area contributed by atoms with Gasteiger partial charge in [-0.2, -0.15) is 0 Å². The number of hydrogen-bond acceptors (Lipinski definition) is 3. The lowest BCUT2D eigenvalue weighted by Gasteiger charge is -2.19. The molecule has 134 valence electrons. The van der Waals surface area contributed by atoms with Crippen molar-refractivity contribution in [2.24, 2.45) is 5.92 Å². The van der Waals surface area contributed by atoms with E-state index in [9.17, 15) is 0 Å². The zero-order chi connectivity index (χ0) is 17.2. The summed E-state index contributed by atoms with van der Waals surface area (Å²) in [6.45, 7) is 7.78. The summed E-state index contributed by atoms with van der Waals surface area (Å²) in [4.78, 5) is 0. The van der Waals surface area contributed by atoms with Gasteiger partial charge in [-0.3, -0.25) is 0 Å². The fourth-order valence-electron chi connectivity index (χ4n) is 3.20. The summed E-state index contributed by atoms with van der Waals surface area (Å²) < 4.78 is 13.6. The summed E-state index contributed by atoms with van der Waals surface area (Å²) in [6, 6.07) is 8.59. The first kappa shape index (κ1) is 19.5. The predicted molar refractivity (Wildman–Crippen MR) is 103 cm³/mol. The highest BCUT2D eigenvalue weighted by molar-refractivity contribution is 7.75. The quantitative estimate of drug-likeness (QED) is 0.368. The third-order valence-corrected chi connectivity index (χ3v) is 5.13. The van der Waals surface area contributed by atoms with Gasteiger partial charge in [0.25, 0.3) is 0 Å². The number of unbranched alkanes of at least 4 members (excludes halogenated alkanes) is 1. The molecule has 0 bridgehead atoms. The molecule has 2 atom stereocenters. The molecular formula is C20H32NO2S+. The second-order valence-electron chi connectivity index (χ2n) is 6.75. The Hall–Kier alpha value is -0.840. The van der Waals surface area contributed by atoms with Crippen molar-refractivity contribution >= 4 is 19.1 Å². The van der Waals surface area contributed by atoms with Gasteiger partial charge in [-0.25, -0.2) is 4.58 Å². The molecule has 0 fully saturated rings. The third kappa shape index (κ3) is 6.23. The zero-order valence-corrected chi connectivity index (χ0v) is 16.0. The highest BCUT2D eigenvalue weighted by Crippen LogP contribution is 2.14. The van der Waals surface area contributed by atoms with Crippen LogP contribution in [0.1, 0.15) is 50.7 Å². The molecule has 0 saturated heterocycles. The molecule has 0 spiro atoms. The molecule has 4 heteroatoms. The molecule has 0 aromatic heterocycles. The second-order valence-corrected chi connectivity index (χ2v) is 6.97. The highest BCUT2D eigenvalue weighted by atomic mass is 32.1. The van der Waals surface area contributed by atoms with E-state index in [1.54, 1.807) is 0 Å². The van der Waals surface area contributed by atoms with Gasteiger partial charge in [-0.05, 0) is 36.9 Å². The van der Waals surface area contributed by atoms with Gasteiger partial charge in [0.05, 0.1) is 6.61 Å². The molecule has 3 nitrogen and oxygen atoms in total. The van der Waals surface area contributed by atoms with Crippen LogP contribution in [0, 0.1) is 5.92 Å². The lowest BCUT2D eigenvalue weighted by atomic mass is 10.0. The SMILES string of the molecule is CCCCC(CC)COCC(C[N+]1=Cc2ccccc2CC1)OS. The maximum absolute atomic E-state index is 5.93. The Morgan fingerprint density at radius 3 is 2.79 bits per heavy atom. The van der Waals surface area contributed by atoms with E-state index in [0.717, 1.165) is 26.1 Å². The molecule has 0 saturated carbocycles. The Labute approximate surface area is 152 Å². The van der Waals surface area contributed by atoms with E-state index < -0.39 is 0 Å². The molecule has 2 rings (SSSR count). The van der Waals surface area contributed by atoms with Crippen LogP contribution in [0.3, 0.4) is 0 Å². The summed E-state index contributed by atoms with van der Waals surface area (Å²) >= 11 is 4.05. The summed E-state index contributed by atoms with van der Waals surface area (Å²) in [5, 5.41) is 0.